The molecule has 0 atom stereocenters. The van der Waals surface area contributed by atoms with Crippen molar-refractivity contribution in [1.29, 1.82) is 0 Å². The van der Waals surface area contributed by atoms with Gasteiger partial charge >= 0.3 is 0 Å². The molecule has 0 aromatic heterocycles. The number of methoxy groups -OCH3 is 1. The lowest BCUT2D eigenvalue weighted by Crippen LogP contribution is -2.41. The number of amides is 2. The maximum atomic E-state index is 12.2. The van der Waals surface area contributed by atoms with Crippen molar-refractivity contribution >= 4 is 17.5 Å². The number of nitrogens with one attached hydrogen (secondary N) is 2. The van der Waals surface area contributed by atoms with Crippen LogP contribution in [0, 0.1) is 10.1 Å². The largest absolute Gasteiger partial charge is 0.493 e. The molecule has 9 nitrogen and oxygen atoms in total. The minimum atomic E-state index is -0.681. The summed E-state index contributed by atoms with van der Waals surface area (Å²) in [6, 6.07) is 9.73. The van der Waals surface area contributed by atoms with Crippen molar-refractivity contribution < 1.29 is 24.0 Å². The van der Waals surface area contributed by atoms with Crippen LogP contribution >= 0.6 is 0 Å². The predicted molar refractivity (Wildman–Crippen MR) is 92.2 cm³/mol. The second-order valence-electron chi connectivity index (χ2n) is 5.01. The van der Waals surface area contributed by atoms with Gasteiger partial charge in [-0.2, -0.15) is 0 Å². The summed E-state index contributed by atoms with van der Waals surface area (Å²) >= 11 is 0. The van der Waals surface area contributed by atoms with Gasteiger partial charge in [-0.25, -0.2) is 0 Å². The maximum Gasteiger partial charge on any atom is 0.270 e. The number of ether oxygens (including phenoxy) is 2. The fraction of sp³-hybridized carbons (Fsp3) is 0.176. The van der Waals surface area contributed by atoms with E-state index in [9.17, 15) is 19.7 Å². The van der Waals surface area contributed by atoms with Crippen LogP contribution in [0.15, 0.2) is 42.5 Å². The highest BCUT2D eigenvalue weighted by Gasteiger charge is 2.14. The summed E-state index contributed by atoms with van der Waals surface area (Å²) in [5.74, 6) is -0.387. The number of carbonyl (C=O) groups is 2. The van der Waals surface area contributed by atoms with Crippen molar-refractivity contribution in [3.05, 3.63) is 63.7 Å². The number of rotatable bonds is 6. The van der Waals surface area contributed by atoms with Crippen LogP contribution in [-0.2, 0) is 0 Å². The number of nitro benzene ring substituents is 1. The second-order valence-corrected chi connectivity index (χ2v) is 5.01. The molecule has 0 heterocycles. The zero-order valence-electron chi connectivity index (χ0n) is 14.1. The van der Waals surface area contributed by atoms with Gasteiger partial charge in [-0.15, -0.1) is 0 Å². The van der Waals surface area contributed by atoms with Crippen molar-refractivity contribution in [2.75, 3.05) is 13.7 Å². The van der Waals surface area contributed by atoms with E-state index in [1.165, 1.54) is 37.4 Å². The molecule has 0 saturated heterocycles. The number of nitrogens with zero attached hydrogens (tertiary/aromatic N) is 1. The fourth-order valence-electron chi connectivity index (χ4n) is 2.10. The lowest BCUT2D eigenvalue weighted by molar-refractivity contribution is -0.384. The second kappa shape index (κ2) is 8.47. The molecule has 26 heavy (non-hydrogen) atoms. The van der Waals surface area contributed by atoms with Gasteiger partial charge in [0.2, 0.25) is 0 Å². The number of hydrogen-bond donors (Lipinski definition) is 2. The predicted octanol–water partition coefficient (Wildman–Crippen LogP) is 2.08. The Labute approximate surface area is 149 Å². The van der Waals surface area contributed by atoms with Crippen LogP contribution in [0.5, 0.6) is 11.5 Å². The fourth-order valence-corrected chi connectivity index (χ4v) is 2.10. The Hall–Kier alpha value is -3.62. The number of carbonyl (C=O) groups excluding carboxylic acids is 2. The lowest BCUT2D eigenvalue weighted by atomic mass is 10.2. The molecule has 0 aliphatic carbocycles. The Morgan fingerprint density at radius 2 is 1.69 bits per heavy atom. The number of nitro groups is 1. The molecule has 0 bridgehead atoms. The van der Waals surface area contributed by atoms with Gasteiger partial charge in [0, 0.05) is 23.3 Å². The van der Waals surface area contributed by atoms with Crippen molar-refractivity contribution in [3.8, 4) is 11.5 Å². The molecule has 2 amide bonds. The van der Waals surface area contributed by atoms with Crippen LogP contribution in [0.1, 0.15) is 27.6 Å². The summed E-state index contributed by atoms with van der Waals surface area (Å²) in [7, 11) is 1.45. The van der Waals surface area contributed by atoms with Crippen LogP contribution in [0.3, 0.4) is 0 Å². The summed E-state index contributed by atoms with van der Waals surface area (Å²) in [6.07, 6.45) is 0. The van der Waals surface area contributed by atoms with E-state index in [1.807, 2.05) is 6.92 Å². The molecule has 9 heteroatoms. The van der Waals surface area contributed by atoms with E-state index in [2.05, 4.69) is 10.9 Å². The van der Waals surface area contributed by atoms with Gasteiger partial charge < -0.3 is 9.47 Å². The first kappa shape index (κ1) is 18.7. The molecular formula is C17H17N3O6. The molecule has 0 aliphatic rings. The van der Waals surface area contributed by atoms with Crippen molar-refractivity contribution in [2.45, 2.75) is 6.92 Å². The van der Waals surface area contributed by atoms with E-state index in [4.69, 9.17) is 9.47 Å². The number of hydrazine groups is 1. The summed E-state index contributed by atoms with van der Waals surface area (Å²) in [5.41, 5.74) is 4.51. The van der Waals surface area contributed by atoms with Gasteiger partial charge in [-0.1, -0.05) is 6.07 Å². The Kier molecular flexibility index (Phi) is 6.10. The summed E-state index contributed by atoms with van der Waals surface area (Å²) in [5, 5.41) is 10.7. The molecule has 0 fully saturated rings. The number of benzene rings is 2. The molecule has 2 aromatic carbocycles. The number of hydrogen-bond acceptors (Lipinski definition) is 6. The van der Waals surface area contributed by atoms with Crippen LogP contribution in [0.25, 0.3) is 0 Å². The van der Waals surface area contributed by atoms with Crippen molar-refractivity contribution in [3.63, 3.8) is 0 Å². The Bertz CT molecular complexity index is 837. The third-order valence-corrected chi connectivity index (χ3v) is 3.33. The normalized spacial score (nSPS) is 9.92. The highest BCUT2D eigenvalue weighted by Crippen LogP contribution is 2.27. The quantitative estimate of drug-likeness (QED) is 0.602. The van der Waals surface area contributed by atoms with Crippen LogP contribution in [0.2, 0.25) is 0 Å². The van der Waals surface area contributed by atoms with Crippen LogP contribution < -0.4 is 20.3 Å². The summed E-state index contributed by atoms with van der Waals surface area (Å²) < 4.78 is 10.5. The third kappa shape index (κ3) is 4.47. The summed E-state index contributed by atoms with van der Waals surface area (Å²) in [6.45, 7) is 2.27. The Balaban J connectivity index is 2.05. The third-order valence-electron chi connectivity index (χ3n) is 3.33. The Morgan fingerprint density at radius 1 is 1.04 bits per heavy atom. The molecule has 0 spiro atoms. The minimum Gasteiger partial charge on any atom is -0.493 e. The smallest absolute Gasteiger partial charge is 0.270 e. The van der Waals surface area contributed by atoms with Gasteiger partial charge in [0.25, 0.3) is 17.5 Å². The average molecular weight is 359 g/mol. The zero-order valence-corrected chi connectivity index (χ0v) is 14.1. The monoisotopic (exact) mass is 359 g/mol. The molecule has 0 saturated carbocycles. The molecular weight excluding hydrogens is 342 g/mol. The molecule has 136 valence electrons. The van der Waals surface area contributed by atoms with Gasteiger partial charge in [-0.05, 0) is 31.2 Å². The van der Waals surface area contributed by atoms with Gasteiger partial charge in [-0.3, -0.25) is 30.6 Å². The van der Waals surface area contributed by atoms with Crippen LogP contribution in [-0.4, -0.2) is 30.5 Å². The number of non-ortho nitro benzene ring substituents is 1. The highest BCUT2D eigenvalue weighted by molar-refractivity contribution is 5.99. The molecule has 2 N–H and O–H groups in total. The zero-order chi connectivity index (χ0) is 19.1. The Morgan fingerprint density at radius 3 is 2.27 bits per heavy atom. The van der Waals surface area contributed by atoms with Gasteiger partial charge in [0.05, 0.1) is 18.6 Å². The molecule has 0 unspecified atom stereocenters. The van der Waals surface area contributed by atoms with Crippen molar-refractivity contribution in [2.24, 2.45) is 0 Å². The minimum absolute atomic E-state index is 0.0452. The van der Waals surface area contributed by atoms with Gasteiger partial charge in [0.15, 0.2) is 11.5 Å². The molecule has 2 rings (SSSR count). The topological polar surface area (TPSA) is 120 Å². The first-order chi connectivity index (χ1) is 12.5. The first-order valence-electron chi connectivity index (χ1n) is 7.62. The maximum absolute atomic E-state index is 12.2. The van der Waals surface area contributed by atoms with E-state index in [0.29, 0.717) is 18.1 Å². The van der Waals surface area contributed by atoms with E-state index >= 15 is 0 Å². The summed E-state index contributed by atoms with van der Waals surface area (Å²) in [4.78, 5) is 34.3. The van der Waals surface area contributed by atoms with E-state index in [0.717, 1.165) is 6.07 Å². The SMILES string of the molecule is CCOc1ccc(C(=O)NNC(=O)c2cccc([N+](=O)[O-])c2)cc1OC. The van der Waals surface area contributed by atoms with E-state index < -0.39 is 16.7 Å². The highest BCUT2D eigenvalue weighted by atomic mass is 16.6. The average Bonchev–Trinajstić information content (AvgIpc) is 2.66. The molecule has 2 aromatic rings. The molecule has 0 radical (unpaired) electrons. The van der Waals surface area contributed by atoms with E-state index in [-0.39, 0.29) is 16.8 Å². The lowest BCUT2D eigenvalue weighted by Gasteiger charge is -2.11. The standard InChI is InChI=1S/C17H17N3O6/c1-3-26-14-8-7-12(10-15(14)25-2)17(22)19-18-16(21)11-5-4-6-13(9-11)20(23)24/h4-10H,3H2,1-2H3,(H,18,21)(H,19,22). The van der Waals surface area contributed by atoms with Crippen LogP contribution in [0.4, 0.5) is 5.69 Å². The first-order valence-corrected chi connectivity index (χ1v) is 7.62. The van der Waals surface area contributed by atoms with Crippen molar-refractivity contribution in [1.82, 2.24) is 10.9 Å². The van der Waals surface area contributed by atoms with E-state index in [1.54, 1.807) is 6.07 Å². The van der Waals surface area contributed by atoms with Gasteiger partial charge in [0.1, 0.15) is 0 Å². The molecule has 0 aliphatic heterocycles.